The molecule has 0 saturated carbocycles. The Hall–Kier alpha value is -0.540. The van der Waals surface area contributed by atoms with E-state index in [1.54, 1.807) is 0 Å². The molecule has 0 saturated heterocycles. The molecule has 1 rings (SSSR count). The number of nitrogens with one attached hydrogen (secondary N) is 1. The second kappa shape index (κ2) is 6.26. The molecule has 0 aliphatic rings. The molecule has 0 unspecified atom stereocenters. The van der Waals surface area contributed by atoms with Crippen LogP contribution in [0.4, 0.5) is 0 Å². The first-order valence-corrected chi connectivity index (χ1v) is 6.40. The average molecular weight is 286 g/mol. The Kier molecular flexibility index (Phi) is 5.29. The van der Waals surface area contributed by atoms with Crippen molar-refractivity contribution in [3.8, 4) is 5.75 Å². The molecule has 1 N–H and O–H groups in total. The van der Waals surface area contributed by atoms with Gasteiger partial charge in [-0.2, -0.15) is 0 Å². The van der Waals surface area contributed by atoms with Crippen LogP contribution in [0.5, 0.6) is 5.75 Å². The minimum Gasteiger partial charge on any atom is -0.494 e. The summed E-state index contributed by atoms with van der Waals surface area (Å²) in [7, 11) is 0. The first kappa shape index (κ1) is 13.5. The van der Waals surface area contributed by atoms with Crippen molar-refractivity contribution < 1.29 is 4.74 Å². The van der Waals surface area contributed by atoms with Crippen LogP contribution in [0.2, 0.25) is 0 Å². The molecule has 0 radical (unpaired) electrons. The van der Waals surface area contributed by atoms with Crippen LogP contribution in [-0.2, 0) is 0 Å². The lowest BCUT2D eigenvalue weighted by molar-refractivity contribution is 0.298. The van der Waals surface area contributed by atoms with Gasteiger partial charge in [0.25, 0.3) is 0 Å². The summed E-state index contributed by atoms with van der Waals surface area (Å²) in [6.07, 6.45) is 1.02. The molecule has 0 amide bonds. The fourth-order valence-electron chi connectivity index (χ4n) is 1.26. The summed E-state index contributed by atoms with van der Waals surface area (Å²) in [5.74, 6) is 0.930. The average Bonchev–Trinajstić information content (AvgIpc) is 2.19. The van der Waals surface area contributed by atoms with Gasteiger partial charge >= 0.3 is 0 Å². The van der Waals surface area contributed by atoms with Crippen LogP contribution in [-0.4, -0.2) is 18.7 Å². The predicted octanol–water partition coefficient (Wildman–Crippen LogP) is 3.61. The number of ether oxygens (including phenoxy) is 1. The monoisotopic (exact) mass is 285 g/mol. The maximum Gasteiger partial charge on any atom is 0.119 e. The smallest absolute Gasteiger partial charge is 0.119 e. The van der Waals surface area contributed by atoms with Crippen molar-refractivity contribution in [3.63, 3.8) is 0 Å². The Balaban J connectivity index is 2.14. The zero-order valence-corrected chi connectivity index (χ0v) is 11.8. The fraction of sp³-hybridized carbons (Fsp3) is 0.538. The molecular weight excluding hydrogens is 266 g/mol. The van der Waals surface area contributed by atoms with E-state index in [0.717, 1.165) is 29.8 Å². The summed E-state index contributed by atoms with van der Waals surface area (Å²) in [6.45, 7) is 8.25. The van der Waals surface area contributed by atoms with Gasteiger partial charge in [0.2, 0.25) is 0 Å². The molecule has 1 aromatic rings. The Morgan fingerprint density at radius 1 is 1.19 bits per heavy atom. The van der Waals surface area contributed by atoms with Gasteiger partial charge in [-0.15, -0.1) is 0 Å². The summed E-state index contributed by atoms with van der Waals surface area (Å²) in [5, 5.41) is 3.43. The van der Waals surface area contributed by atoms with Gasteiger partial charge in [0.05, 0.1) is 6.61 Å². The van der Waals surface area contributed by atoms with Crippen LogP contribution < -0.4 is 10.1 Å². The normalized spacial score (nSPS) is 11.5. The van der Waals surface area contributed by atoms with Gasteiger partial charge in [-0.25, -0.2) is 0 Å². The second-order valence-electron chi connectivity index (χ2n) is 4.83. The van der Waals surface area contributed by atoms with Crippen molar-refractivity contribution in [1.29, 1.82) is 0 Å². The highest BCUT2D eigenvalue weighted by Crippen LogP contribution is 2.16. The summed E-state index contributed by atoms with van der Waals surface area (Å²) in [6, 6.07) is 7.92. The SMILES string of the molecule is CC(C)(C)NCCCOc1ccc(Br)cc1. The minimum absolute atomic E-state index is 0.192. The molecule has 0 heterocycles. The molecule has 1 aromatic carbocycles. The zero-order chi connectivity index (χ0) is 12.0. The van der Waals surface area contributed by atoms with Gasteiger partial charge < -0.3 is 10.1 Å². The molecule has 0 aliphatic carbocycles. The van der Waals surface area contributed by atoms with Crippen LogP contribution in [0, 0.1) is 0 Å². The molecule has 0 atom stereocenters. The largest absolute Gasteiger partial charge is 0.494 e. The molecule has 16 heavy (non-hydrogen) atoms. The van der Waals surface area contributed by atoms with Crippen molar-refractivity contribution >= 4 is 15.9 Å². The number of rotatable bonds is 5. The van der Waals surface area contributed by atoms with Crippen molar-refractivity contribution in [1.82, 2.24) is 5.32 Å². The highest BCUT2D eigenvalue weighted by molar-refractivity contribution is 9.10. The summed E-state index contributed by atoms with van der Waals surface area (Å²) in [4.78, 5) is 0. The molecule has 0 aromatic heterocycles. The van der Waals surface area contributed by atoms with Crippen LogP contribution >= 0.6 is 15.9 Å². The van der Waals surface area contributed by atoms with E-state index in [2.05, 4.69) is 42.0 Å². The third-order valence-electron chi connectivity index (χ3n) is 2.06. The molecule has 3 heteroatoms. The Morgan fingerprint density at radius 2 is 1.81 bits per heavy atom. The van der Waals surface area contributed by atoms with Gasteiger partial charge in [0.15, 0.2) is 0 Å². The highest BCUT2D eigenvalue weighted by atomic mass is 79.9. The standard InChI is InChI=1S/C13H20BrNO/c1-13(2,3)15-9-4-10-16-12-7-5-11(14)6-8-12/h5-8,15H,4,9-10H2,1-3H3. The zero-order valence-electron chi connectivity index (χ0n) is 10.2. The van der Waals surface area contributed by atoms with E-state index in [4.69, 9.17) is 4.74 Å². The molecule has 90 valence electrons. The number of hydrogen-bond donors (Lipinski definition) is 1. The summed E-state index contributed by atoms with van der Waals surface area (Å²) >= 11 is 3.39. The molecule has 0 fully saturated rings. The third kappa shape index (κ3) is 6.13. The summed E-state index contributed by atoms with van der Waals surface area (Å²) in [5.41, 5.74) is 0.192. The molecule has 0 spiro atoms. The van der Waals surface area contributed by atoms with E-state index < -0.39 is 0 Å². The first-order chi connectivity index (χ1) is 7.47. The lowest BCUT2D eigenvalue weighted by atomic mass is 10.1. The number of hydrogen-bond acceptors (Lipinski definition) is 2. The maximum absolute atomic E-state index is 5.61. The van der Waals surface area contributed by atoms with Gasteiger partial charge in [-0.3, -0.25) is 0 Å². The maximum atomic E-state index is 5.61. The van der Waals surface area contributed by atoms with Crippen molar-refractivity contribution in [2.45, 2.75) is 32.7 Å². The number of benzene rings is 1. The molecule has 0 bridgehead atoms. The second-order valence-corrected chi connectivity index (χ2v) is 5.75. The van der Waals surface area contributed by atoms with Crippen molar-refractivity contribution in [2.75, 3.05) is 13.2 Å². The van der Waals surface area contributed by atoms with Gasteiger partial charge in [0, 0.05) is 10.0 Å². The third-order valence-corrected chi connectivity index (χ3v) is 2.59. The Bertz CT molecular complexity index is 303. The van der Waals surface area contributed by atoms with Gasteiger partial charge in [-0.1, -0.05) is 15.9 Å². The van der Waals surface area contributed by atoms with Crippen molar-refractivity contribution in [2.24, 2.45) is 0 Å². The number of halogens is 1. The van der Waals surface area contributed by atoms with Crippen LogP contribution in [0.1, 0.15) is 27.2 Å². The minimum atomic E-state index is 0.192. The summed E-state index contributed by atoms with van der Waals surface area (Å²) < 4.78 is 6.69. The molecule has 0 aliphatic heterocycles. The lowest BCUT2D eigenvalue weighted by Crippen LogP contribution is -2.36. The van der Waals surface area contributed by atoms with E-state index in [9.17, 15) is 0 Å². The molecule has 2 nitrogen and oxygen atoms in total. The van der Waals surface area contributed by atoms with E-state index in [-0.39, 0.29) is 5.54 Å². The van der Waals surface area contributed by atoms with E-state index in [1.165, 1.54) is 0 Å². The lowest BCUT2D eigenvalue weighted by Gasteiger charge is -2.20. The fourth-order valence-corrected chi connectivity index (χ4v) is 1.52. The predicted molar refractivity (Wildman–Crippen MR) is 72.0 cm³/mol. The van der Waals surface area contributed by atoms with E-state index in [0.29, 0.717) is 0 Å². The van der Waals surface area contributed by atoms with Crippen LogP contribution in [0.15, 0.2) is 28.7 Å². The molecular formula is C13H20BrNO. The topological polar surface area (TPSA) is 21.3 Å². The first-order valence-electron chi connectivity index (χ1n) is 5.61. The quantitative estimate of drug-likeness (QED) is 0.835. The van der Waals surface area contributed by atoms with Gasteiger partial charge in [0.1, 0.15) is 5.75 Å². The Morgan fingerprint density at radius 3 is 2.38 bits per heavy atom. The van der Waals surface area contributed by atoms with E-state index in [1.807, 2.05) is 24.3 Å². The van der Waals surface area contributed by atoms with Crippen molar-refractivity contribution in [3.05, 3.63) is 28.7 Å². The highest BCUT2D eigenvalue weighted by Gasteiger charge is 2.06. The van der Waals surface area contributed by atoms with Crippen LogP contribution in [0.3, 0.4) is 0 Å². The van der Waals surface area contributed by atoms with Crippen LogP contribution in [0.25, 0.3) is 0 Å². The Labute approximate surface area is 107 Å². The van der Waals surface area contributed by atoms with Gasteiger partial charge in [-0.05, 0) is 58.0 Å². The van der Waals surface area contributed by atoms with E-state index >= 15 is 0 Å².